The molecule has 26 heavy (non-hydrogen) atoms. The van der Waals surface area contributed by atoms with Crippen LogP contribution in [0.15, 0.2) is 48.5 Å². The third kappa shape index (κ3) is 4.23. The lowest BCUT2D eigenvalue weighted by molar-refractivity contribution is 0.0697. The summed E-state index contributed by atoms with van der Waals surface area (Å²) in [5.74, 6) is 0.238. The van der Waals surface area contributed by atoms with Gasteiger partial charge in [-0.1, -0.05) is 18.2 Å². The molecule has 0 bridgehead atoms. The number of aromatic nitrogens is 3. The van der Waals surface area contributed by atoms with Crippen molar-refractivity contribution in [3.63, 3.8) is 0 Å². The summed E-state index contributed by atoms with van der Waals surface area (Å²) >= 11 is 0. The van der Waals surface area contributed by atoms with Gasteiger partial charge in [-0.2, -0.15) is 15.0 Å². The summed E-state index contributed by atoms with van der Waals surface area (Å²) in [5.41, 5.74) is 2.24. The maximum atomic E-state index is 11.3. The number of nitrogens with zero attached hydrogens (tertiary/aromatic N) is 3. The highest BCUT2D eigenvalue weighted by Crippen LogP contribution is 2.22. The third-order valence-electron chi connectivity index (χ3n) is 3.50. The van der Waals surface area contributed by atoms with Crippen molar-refractivity contribution in [2.75, 3.05) is 23.0 Å². The van der Waals surface area contributed by atoms with Crippen molar-refractivity contribution < 1.29 is 9.90 Å². The zero-order valence-corrected chi connectivity index (χ0v) is 14.3. The third-order valence-corrected chi connectivity index (χ3v) is 3.50. The fraction of sp³-hybridized carbons (Fsp3) is 0.111. The number of carbonyl (C=O) groups is 1. The Kier molecular flexibility index (Phi) is 4.93. The molecule has 1 heterocycles. The fourth-order valence-electron chi connectivity index (χ4n) is 2.34. The maximum absolute atomic E-state index is 11.3. The Balaban J connectivity index is 1.88. The number of aryl methyl sites for hydroxylation is 1. The number of hydrogen-bond acceptors (Lipinski definition) is 7. The molecule has 3 aromatic rings. The van der Waals surface area contributed by atoms with E-state index in [0.717, 1.165) is 5.69 Å². The van der Waals surface area contributed by atoms with Crippen LogP contribution in [0.1, 0.15) is 16.2 Å². The lowest BCUT2D eigenvalue weighted by atomic mass is 10.1. The predicted octanol–water partition coefficient (Wildman–Crippen LogP) is 3.41. The number of nitrogens with one attached hydrogen (secondary N) is 3. The highest BCUT2D eigenvalue weighted by Gasteiger charge is 2.09. The van der Waals surface area contributed by atoms with Crippen molar-refractivity contribution in [1.82, 2.24) is 15.0 Å². The predicted molar refractivity (Wildman–Crippen MR) is 101 cm³/mol. The summed E-state index contributed by atoms with van der Waals surface area (Å²) in [7, 11) is 1.72. The molecule has 4 N–H and O–H groups in total. The molecule has 2 aromatic carbocycles. The van der Waals surface area contributed by atoms with Crippen LogP contribution in [0.25, 0.3) is 0 Å². The molecule has 0 atom stereocenters. The van der Waals surface area contributed by atoms with Crippen LogP contribution in [0, 0.1) is 6.92 Å². The Morgan fingerprint density at radius 3 is 2.12 bits per heavy atom. The van der Waals surface area contributed by atoms with E-state index in [1.807, 2.05) is 30.3 Å². The summed E-state index contributed by atoms with van der Waals surface area (Å²) in [5, 5.41) is 18.3. The first kappa shape index (κ1) is 17.2. The molecule has 0 saturated carbocycles. The molecule has 0 aliphatic rings. The summed E-state index contributed by atoms with van der Waals surface area (Å²) < 4.78 is 0. The highest BCUT2D eigenvalue weighted by molar-refractivity contribution is 5.90. The first-order valence-electron chi connectivity index (χ1n) is 7.91. The quantitative estimate of drug-likeness (QED) is 0.535. The minimum absolute atomic E-state index is 0.160. The summed E-state index contributed by atoms with van der Waals surface area (Å²) in [6, 6.07) is 14.4. The van der Waals surface area contributed by atoms with Gasteiger partial charge in [-0.3, -0.25) is 0 Å². The Morgan fingerprint density at radius 1 is 0.885 bits per heavy atom. The lowest BCUT2D eigenvalue weighted by Crippen LogP contribution is -2.06. The molecule has 0 spiro atoms. The smallest absolute Gasteiger partial charge is 0.335 e. The van der Waals surface area contributed by atoms with Gasteiger partial charge in [0, 0.05) is 24.1 Å². The number of anilines is 5. The number of benzene rings is 2. The molecule has 132 valence electrons. The van der Waals surface area contributed by atoms with Crippen LogP contribution < -0.4 is 16.0 Å². The largest absolute Gasteiger partial charge is 0.478 e. The number of rotatable bonds is 6. The first-order valence-corrected chi connectivity index (χ1v) is 7.91. The maximum Gasteiger partial charge on any atom is 0.335 e. The Morgan fingerprint density at radius 2 is 1.50 bits per heavy atom. The molecule has 0 fully saturated rings. The minimum Gasteiger partial charge on any atom is -0.478 e. The highest BCUT2D eigenvalue weighted by atomic mass is 16.4. The summed E-state index contributed by atoms with van der Waals surface area (Å²) in [4.78, 5) is 24.2. The van der Waals surface area contributed by atoms with Crippen LogP contribution in [-0.2, 0) is 0 Å². The molecule has 3 rings (SSSR count). The topological polar surface area (TPSA) is 112 Å². The van der Waals surface area contributed by atoms with Crippen molar-refractivity contribution in [3.05, 3.63) is 59.9 Å². The molecule has 0 aliphatic heterocycles. The van der Waals surface area contributed by atoms with Crippen LogP contribution in [0.5, 0.6) is 0 Å². The van der Waals surface area contributed by atoms with Gasteiger partial charge in [0.25, 0.3) is 0 Å². The van der Waals surface area contributed by atoms with Gasteiger partial charge in [0.1, 0.15) is 5.82 Å². The molecular formula is C18H18N6O2. The van der Waals surface area contributed by atoms with Crippen molar-refractivity contribution >= 4 is 34.9 Å². The average molecular weight is 350 g/mol. The van der Waals surface area contributed by atoms with Crippen LogP contribution in [-0.4, -0.2) is 33.1 Å². The number of carboxylic acids is 1. The van der Waals surface area contributed by atoms with Crippen LogP contribution in [0.4, 0.5) is 29.0 Å². The van der Waals surface area contributed by atoms with Gasteiger partial charge in [-0.15, -0.1) is 0 Å². The van der Waals surface area contributed by atoms with E-state index in [4.69, 9.17) is 0 Å². The van der Waals surface area contributed by atoms with E-state index in [1.165, 1.54) is 6.07 Å². The second-order valence-corrected chi connectivity index (χ2v) is 5.50. The van der Waals surface area contributed by atoms with Gasteiger partial charge in [0.05, 0.1) is 5.56 Å². The van der Waals surface area contributed by atoms with Crippen LogP contribution in [0.2, 0.25) is 0 Å². The van der Waals surface area contributed by atoms with Crippen molar-refractivity contribution in [3.8, 4) is 0 Å². The van der Waals surface area contributed by atoms with E-state index in [2.05, 4.69) is 30.9 Å². The number of hydrogen-bond donors (Lipinski definition) is 4. The molecule has 8 nitrogen and oxygen atoms in total. The Hall–Kier alpha value is -3.68. The van der Waals surface area contributed by atoms with E-state index in [9.17, 15) is 9.90 Å². The molecule has 0 radical (unpaired) electrons. The summed E-state index contributed by atoms with van der Waals surface area (Å²) in [6.07, 6.45) is 0. The van der Waals surface area contributed by atoms with Gasteiger partial charge in [-0.25, -0.2) is 4.79 Å². The number of para-hydroxylation sites is 1. The van der Waals surface area contributed by atoms with Gasteiger partial charge < -0.3 is 21.1 Å². The normalized spacial score (nSPS) is 10.2. The van der Waals surface area contributed by atoms with Crippen LogP contribution >= 0.6 is 0 Å². The monoisotopic (exact) mass is 350 g/mol. The zero-order valence-electron chi connectivity index (χ0n) is 14.3. The van der Waals surface area contributed by atoms with E-state index < -0.39 is 5.97 Å². The lowest BCUT2D eigenvalue weighted by Gasteiger charge is -2.11. The van der Waals surface area contributed by atoms with E-state index in [0.29, 0.717) is 29.1 Å². The SMILES string of the molecule is CNc1cc(Nc2nc(C)nc(Nc3ccccc3)n2)cc(C(=O)O)c1. The molecular weight excluding hydrogens is 332 g/mol. The van der Waals surface area contributed by atoms with Crippen molar-refractivity contribution in [2.24, 2.45) is 0 Å². The molecule has 0 amide bonds. The molecule has 1 aromatic heterocycles. The van der Waals surface area contributed by atoms with E-state index in [1.54, 1.807) is 26.1 Å². The Labute approximate surface area is 150 Å². The molecule has 0 aliphatic carbocycles. The Bertz CT molecular complexity index is 930. The van der Waals surface area contributed by atoms with Crippen molar-refractivity contribution in [1.29, 1.82) is 0 Å². The zero-order chi connectivity index (χ0) is 18.5. The van der Waals surface area contributed by atoms with Gasteiger partial charge in [-0.05, 0) is 37.3 Å². The van der Waals surface area contributed by atoms with Gasteiger partial charge >= 0.3 is 5.97 Å². The summed E-state index contributed by atoms with van der Waals surface area (Å²) in [6.45, 7) is 1.76. The van der Waals surface area contributed by atoms with E-state index in [-0.39, 0.29) is 5.56 Å². The number of aromatic carboxylic acids is 1. The minimum atomic E-state index is -1.01. The van der Waals surface area contributed by atoms with Crippen LogP contribution in [0.3, 0.4) is 0 Å². The molecule has 0 saturated heterocycles. The van der Waals surface area contributed by atoms with E-state index >= 15 is 0 Å². The second kappa shape index (κ2) is 7.47. The fourth-order valence-corrected chi connectivity index (χ4v) is 2.34. The standard InChI is InChI=1S/C18H18N6O2/c1-11-20-17(22-13-6-4-3-5-7-13)24-18(21-11)23-15-9-12(16(25)26)8-14(10-15)19-2/h3-10,19H,1-2H3,(H,25,26)(H2,20,21,22,23,24). The molecule has 8 heteroatoms. The van der Waals surface area contributed by atoms with Crippen molar-refractivity contribution in [2.45, 2.75) is 6.92 Å². The molecule has 0 unspecified atom stereocenters. The average Bonchev–Trinajstić information content (AvgIpc) is 2.61. The van der Waals surface area contributed by atoms with Gasteiger partial charge in [0.15, 0.2) is 0 Å². The second-order valence-electron chi connectivity index (χ2n) is 5.50. The number of carboxylic acid groups (broad SMARTS) is 1. The first-order chi connectivity index (χ1) is 12.5. The van der Waals surface area contributed by atoms with Gasteiger partial charge in [0.2, 0.25) is 11.9 Å².